The zero-order valence-electron chi connectivity index (χ0n) is 12.6. The number of ether oxygens (including phenoxy) is 1. The van der Waals surface area contributed by atoms with E-state index in [2.05, 4.69) is 28.3 Å². The summed E-state index contributed by atoms with van der Waals surface area (Å²) >= 11 is 0. The van der Waals surface area contributed by atoms with Crippen molar-refractivity contribution in [1.82, 2.24) is 14.7 Å². The molecule has 0 saturated carbocycles. The van der Waals surface area contributed by atoms with Gasteiger partial charge >= 0.3 is 0 Å². The van der Waals surface area contributed by atoms with Gasteiger partial charge in [0.2, 0.25) is 0 Å². The predicted octanol–water partition coefficient (Wildman–Crippen LogP) is 0.919. The van der Waals surface area contributed by atoms with Crippen molar-refractivity contribution in [2.24, 2.45) is 5.92 Å². The third-order valence-electron chi connectivity index (χ3n) is 5.43. The first-order valence-electron chi connectivity index (χ1n) is 8.34. The van der Waals surface area contributed by atoms with Crippen molar-refractivity contribution in [3.63, 3.8) is 0 Å². The van der Waals surface area contributed by atoms with Crippen molar-refractivity contribution in [2.45, 2.75) is 25.0 Å². The highest BCUT2D eigenvalue weighted by Crippen LogP contribution is 2.34. The van der Waals surface area contributed by atoms with Crippen molar-refractivity contribution in [3.8, 4) is 0 Å². The predicted molar refractivity (Wildman–Crippen MR) is 81.6 cm³/mol. The van der Waals surface area contributed by atoms with Gasteiger partial charge in [-0.15, -0.1) is 0 Å². The van der Waals surface area contributed by atoms with Crippen LogP contribution in [0.5, 0.6) is 0 Å². The fraction of sp³-hybridized carbons (Fsp3) is 0.588. The van der Waals surface area contributed by atoms with Gasteiger partial charge in [-0.2, -0.15) is 0 Å². The summed E-state index contributed by atoms with van der Waals surface area (Å²) in [5.74, 6) is 1.81. The number of hydrogen-bond donors (Lipinski definition) is 0. The third kappa shape index (κ3) is 2.07. The van der Waals surface area contributed by atoms with Crippen molar-refractivity contribution in [3.05, 3.63) is 35.9 Å². The Kier molecular flexibility index (Phi) is 2.68. The zero-order chi connectivity index (χ0) is 14.7. The van der Waals surface area contributed by atoms with Gasteiger partial charge in [-0.1, -0.05) is 0 Å². The molecule has 116 valence electrons. The molecular formula is C17H21N3O2. The second-order valence-corrected chi connectivity index (χ2v) is 7.05. The molecule has 0 aliphatic carbocycles. The van der Waals surface area contributed by atoms with Gasteiger partial charge in [-0.3, -0.25) is 4.79 Å². The van der Waals surface area contributed by atoms with E-state index in [1.54, 1.807) is 0 Å². The molecule has 1 amide bonds. The lowest BCUT2D eigenvalue weighted by Gasteiger charge is -2.37. The van der Waals surface area contributed by atoms with E-state index in [-0.39, 0.29) is 5.91 Å². The molecule has 2 unspecified atom stereocenters. The summed E-state index contributed by atoms with van der Waals surface area (Å²) in [7, 11) is 0. The number of carbonyl (C=O) groups is 1. The monoisotopic (exact) mass is 299 g/mol. The molecule has 5 aliphatic rings. The molecule has 22 heavy (non-hydrogen) atoms. The van der Waals surface area contributed by atoms with Crippen LogP contribution in [0.4, 0.5) is 0 Å². The fourth-order valence-corrected chi connectivity index (χ4v) is 4.12. The van der Waals surface area contributed by atoms with Crippen molar-refractivity contribution in [1.29, 1.82) is 0 Å². The number of rotatable bonds is 2. The SMILES string of the molecule is O=C(C1C=C2C=CN([C@@H]3C[C@H]4CCN(C4)C3)C=C2O1)N1CC1. The maximum Gasteiger partial charge on any atom is 0.267 e. The molecule has 3 fully saturated rings. The molecule has 0 spiro atoms. The van der Waals surface area contributed by atoms with E-state index in [1.807, 2.05) is 11.0 Å². The van der Waals surface area contributed by atoms with Gasteiger partial charge in [0.15, 0.2) is 6.10 Å². The van der Waals surface area contributed by atoms with Crippen LogP contribution in [0.15, 0.2) is 35.9 Å². The number of nitrogens with zero attached hydrogens (tertiary/aromatic N) is 3. The summed E-state index contributed by atoms with van der Waals surface area (Å²) in [5.41, 5.74) is 1.05. The fourth-order valence-electron chi connectivity index (χ4n) is 4.12. The Labute approximate surface area is 130 Å². The van der Waals surface area contributed by atoms with E-state index in [4.69, 9.17) is 4.74 Å². The lowest BCUT2D eigenvalue weighted by Crippen LogP contribution is -2.43. The summed E-state index contributed by atoms with van der Waals surface area (Å²) in [6, 6.07) is 0.539. The second kappa shape index (κ2) is 4.62. The number of fused-ring (bicyclic) bond motifs is 3. The minimum Gasteiger partial charge on any atom is -0.474 e. The molecule has 5 rings (SSSR count). The van der Waals surface area contributed by atoms with Gasteiger partial charge in [0.25, 0.3) is 5.91 Å². The molecule has 2 bridgehead atoms. The summed E-state index contributed by atoms with van der Waals surface area (Å²) in [4.78, 5) is 18.8. The highest BCUT2D eigenvalue weighted by atomic mass is 16.5. The Morgan fingerprint density at radius 3 is 2.95 bits per heavy atom. The maximum absolute atomic E-state index is 12.1. The van der Waals surface area contributed by atoms with Crippen LogP contribution in [0.25, 0.3) is 0 Å². The summed E-state index contributed by atoms with van der Waals surface area (Å²) < 4.78 is 5.89. The molecule has 0 aromatic heterocycles. The Bertz CT molecular complexity index is 593. The van der Waals surface area contributed by atoms with Gasteiger partial charge in [0.1, 0.15) is 5.76 Å². The lowest BCUT2D eigenvalue weighted by atomic mass is 9.95. The summed E-state index contributed by atoms with van der Waals surface area (Å²) in [5, 5.41) is 0. The van der Waals surface area contributed by atoms with E-state index in [9.17, 15) is 4.79 Å². The molecule has 4 atom stereocenters. The van der Waals surface area contributed by atoms with Crippen LogP contribution in [-0.2, 0) is 9.53 Å². The number of carbonyl (C=O) groups excluding carboxylic acids is 1. The Balaban J connectivity index is 1.32. The van der Waals surface area contributed by atoms with Gasteiger partial charge in [0.05, 0.1) is 0 Å². The van der Waals surface area contributed by atoms with Crippen LogP contribution in [-0.4, -0.2) is 65.5 Å². The minimum atomic E-state index is -0.417. The topological polar surface area (TPSA) is 35.8 Å². The molecule has 5 heterocycles. The number of allylic oxidation sites excluding steroid dienone is 1. The maximum atomic E-state index is 12.1. The molecule has 0 aromatic rings. The van der Waals surface area contributed by atoms with Crippen LogP contribution in [0.1, 0.15) is 12.8 Å². The van der Waals surface area contributed by atoms with E-state index in [0.717, 1.165) is 36.9 Å². The van der Waals surface area contributed by atoms with E-state index >= 15 is 0 Å². The first-order valence-corrected chi connectivity index (χ1v) is 8.34. The quantitative estimate of drug-likeness (QED) is 0.710. The van der Waals surface area contributed by atoms with Crippen LogP contribution in [0.3, 0.4) is 0 Å². The normalized spacial score (nSPS) is 38.4. The number of amides is 1. The van der Waals surface area contributed by atoms with Gasteiger partial charge in [-0.05, 0) is 37.5 Å². The minimum absolute atomic E-state index is 0.101. The van der Waals surface area contributed by atoms with E-state index < -0.39 is 6.10 Å². The lowest BCUT2D eigenvalue weighted by molar-refractivity contribution is -0.132. The van der Waals surface area contributed by atoms with Crippen LogP contribution in [0, 0.1) is 5.92 Å². The smallest absolute Gasteiger partial charge is 0.267 e. The molecule has 5 heteroatoms. The van der Waals surface area contributed by atoms with Crippen molar-refractivity contribution < 1.29 is 9.53 Å². The zero-order valence-corrected chi connectivity index (χ0v) is 12.6. The van der Waals surface area contributed by atoms with Crippen molar-refractivity contribution in [2.75, 3.05) is 32.7 Å². The van der Waals surface area contributed by atoms with Crippen LogP contribution >= 0.6 is 0 Å². The average molecular weight is 299 g/mol. The molecule has 0 N–H and O–H groups in total. The van der Waals surface area contributed by atoms with Crippen LogP contribution < -0.4 is 0 Å². The molecule has 0 aromatic carbocycles. The Morgan fingerprint density at radius 1 is 1.23 bits per heavy atom. The summed E-state index contributed by atoms with van der Waals surface area (Å²) in [6.07, 6.45) is 10.5. The van der Waals surface area contributed by atoms with E-state index in [0.29, 0.717) is 6.04 Å². The second-order valence-electron chi connectivity index (χ2n) is 7.05. The van der Waals surface area contributed by atoms with Crippen molar-refractivity contribution >= 4 is 5.91 Å². The van der Waals surface area contributed by atoms with Gasteiger partial charge in [-0.25, -0.2) is 0 Å². The van der Waals surface area contributed by atoms with Gasteiger partial charge < -0.3 is 19.4 Å². The summed E-state index contributed by atoms with van der Waals surface area (Å²) in [6.45, 7) is 5.42. The number of piperidine rings is 1. The molecule has 3 saturated heterocycles. The van der Waals surface area contributed by atoms with E-state index in [1.165, 1.54) is 25.9 Å². The largest absolute Gasteiger partial charge is 0.474 e. The number of hydrogen-bond acceptors (Lipinski definition) is 4. The van der Waals surface area contributed by atoms with Crippen LogP contribution in [0.2, 0.25) is 0 Å². The molecule has 0 radical (unpaired) electrons. The molecule has 5 nitrogen and oxygen atoms in total. The first kappa shape index (κ1) is 12.8. The highest BCUT2D eigenvalue weighted by molar-refractivity contribution is 5.86. The first-order chi connectivity index (χ1) is 10.8. The van der Waals surface area contributed by atoms with Gasteiger partial charge in [0, 0.05) is 50.2 Å². The Morgan fingerprint density at radius 2 is 2.14 bits per heavy atom. The average Bonchev–Trinajstić information content (AvgIpc) is 3.21. The Hall–Kier alpha value is -1.75. The standard InChI is InChI=1S/C17H21N3O2/c21-17(19-5-6-19)15-8-13-2-4-20(11-16(13)22-15)14-7-12-1-3-18(9-12)10-14/h2,4,8,11-12,14-15H,1,3,5-7,9-10H2/t12-,14-,15?/m1/s1. The third-order valence-corrected chi connectivity index (χ3v) is 5.43. The molecular weight excluding hydrogens is 278 g/mol. The molecule has 5 aliphatic heterocycles. The highest BCUT2D eigenvalue weighted by Gasteiger charge is 2.38.